The number of ether oxygens (including phenoxy) is 1. The van der Waals surface area contributed by atoms with E-state index in [0.717, 1.165) is 10.9 Å². The van der Waals surface area contributed by atoms with Crippen molar-refractivity contribution in [2.45, 2.75) is 13.0 Å². The molecule has 0 bridgehead atoms. The number of nitrogens with one attached hydrogen (secondary N) is 1. The van der Waals surface area contributed by atoms with Crippen LogP contribution in [0.25, 0.3) is 10.9 Å². The third-order valence-electron chi connectivity index (χ3n) is 3.74. The van der Waals surface area contributed by atoms with Crippen molar-refractivity contribution in [2.75, 3.05) is 0 Å². The first-order chi connectivity index (χ1) is 11.6. The molecule has 1 N–H and O–H groups in total. The standard InChI is InChI=1S/C19H14N2O3/c1-12(24-19(23)14-6-4-5-13(9-14)10-20)18(22)16-11-21-17-8-3-2-7-15(16)17/h2-9,11-12,21H,1H3/t12-/m0/s1. The fourth-order valence-electron chi connectivity index (χ4n) is 2.49. The molecule has 3 rings (SSSR count). The monoisotopic (exact) mass is 318 g/mol. The van der Waals surface area contributed by atoms with Crippen LogP contribution >= 0.6 is 0 Å². The number of ketones is 1. The lowest BCUT2D eigenvalue weighted by atomic mass is 10.1. The maximum Gasteiger partial charge on any atom is 0.338 e. The predicted octanol–water partition coefficient (Wildman–Crippen LogP) is 3.47. The van der Waals surface area contributed by atoms with Gasteiger partial charge in [-0.2, -0.15) is 5.26 Å². The van der Waals surface area contributed by atoms with Crippen LogP contribution in [0.3, 0.4) is 0 Å². The Labute approximate surface area is 138 Å². The Morgan fingerprint density at radius 1 is 1.17 bits per heavy atom. The largest absolute Gasteiger partial charge is 0.451 e. The number of nitrogens with zero attached hydrogens (tertiary/aromatic N) is 1. The number of rotatable bonds is 4. The summed E-state index contributed by atoms with van der Waals surface area (Å²) in [7, 11) is 0. The summed E-state index contributed by atoms with van der Waals surface area (Å²) < 4.78 is 5.26. The summed E-state index contributed by atoms with van der Waals surface area (Å²) in [6, 6.07) is 15.6. The highest BCUT2D eigenvalue weighted by Crippen LogP contribution is 2.20. The lowest BCUT2D eigenvalue weighted by Gasteiger charge is -2.12. The molecule has 1 aromatic heterocycles. The van der Waals surface area contributed by atoms with E-state index in [1.807, 2.05) is 30.3 Å². The van der Waals surface area contributed by atoms with Gasteiger partial charge in [-0.15, -0.1) is 0 Å². The molecule has 0 fully saturated rings. The minimum atomic E-state index is -0.928. The molecule has 0 saturated heterocycles. The first kappa shape index (κ1) is 15.5. The van der Waals surface area contributed by atoms with E-state index in [2.05, 4.69) is 4.98 Å². The lowest BCUT2D eigenvalue weighted by molar-refractivity contribution is 0.0319. The zero-order chi connectivity index (χ0) is 17.1. The van der Waals surface area contributed by atoms with Crippen molar-refractivity contribution in [1.82, 2.24) is 4.98 Å². The number of H-pyrrole nitrogens is 1. The smallest absolute Gasteiger partial charge is 0.338 e. The molecule has 5 heteroatoms. The fourth-order valence-corrected chi connectivity index (χ4v) is 2.49. The second kappa shape index (κ2) is 6.39. The molecule has 1 heterocycles. The van der Waals surface area contributed by atoms with E-state index in [4.69, 9.17) is 10.00 Å². The van der Waals surface area contributed by atoms with Crippen molar-refractivity contribution in [2.24, 2.45) is 0 Å². The second-order valence-electron chi connectivity index (χ2n) is 5.35. The van der Waals surface area contributed by atoms with Gasteiger partial charge in [0.25, 0.3) is 0 Å². The lowest BCUT2D eigenvalue weighted by Crippen LogP contribution is -2.24. The van der Waals surface area contributed by atoms with Crippen LogP contribution in [-0.2, 0) is 4.74 Å². The maximum absolute atomic E-state index is 12.6. The summed E-state index contributed by atoms with van der Waals surface area (Å²) >= 11 is 0. The van der Waals surface area contributed by atoms with Crippen molar-refractivity contribution in [3.8, 4) is 6.07 Å². The summed E-state index contributed by atoms with van der Waals surface area (Å²) in [6.45, 7) is 1.54. The Morgan fingerprint density at radius 2 is 1.96 bits per heavy atom. The van der Waals surface area contributed by atoms with Crippen LogP contribution in [0.1, 0.15) is 33.2 Å². The number of carbonyl (C=O) groups excluding carboxylic acids is 2. The van der Waals surface area contributed by atoms with Gasteiger partial charge in [-0.3, -0.25) is 4.79 Å². The number of hydrogen-bond acceptors (Lipinski definition) is 4. The van der Waals surface area contributed by atoms with E-state index >= 15 is 0 Å². The molecule has 0 unspecified atom stereocenters. The number of esters is 1. The van der Waals surface area contributed by atoms with E-state index in [1.165, 1.54) is 13.0 Å². The van der Waals surface area contributed by atoms with Crippen LogP contribution in [0, 0.1) is 11.3 Å². The number of fused-ring (bicyclic) bond motifs is 1. The summed E-state index contributed by atoms with van der Waals surface area (Å²) in [5, 5.41) is 9.67. The molecule has 0 aliphatic carbocycles. The zero-order valence-electron chi connectivity index (χ0n) is 12.9. The van der Waals surface area contributed by atoms with Crippen molar-refractivity contribution in [1.29, 1.82) is 5.26 Å². The Balaban J connectivity index is 1.79. The number of aromatic amines is 1. The van der Waals surface area contributed by atoms with Crippen LogP contribution in [0.4, 0.5) is 0 Å². The SMILES string of the molecule is C[C@H](OC(=O)c1cccc(C#N)c1)C(=O)c1c[nH]c2ccccc12. The highest BCUT2D eigenvalue weighted by molar-refractivity contribution is 6.10. The van der Waals surface area contributed by atoms with Gasteiger partial charge in [-0.25, -0.2) is 4.79 Å². The van der Waals surface area contributed by atoms with Crippen molar-refractivity contribution in [3.63, 3.8) is 0 Å². The van der Waals surface area contributed by atoms with Gasteiger partial charge in [0.15, 0.2) is 6.10 Å². The molecule has 118 valence electrons. The van der Waals surface area contributed by atoms with E-state index in [0.29, 0.717) is 11.1 Å². The fraction of sp³-hybridized carbons (Fsp3) is 0.105. The number of nitriles is 1. The number of para-hydroxylation sites is 1. The molecule has 2 aromatic carbocycles. The van der Waals surface area contributed by atoms with Gasteiger partial charge in [0.2, 0.25) is 5.78 Å². The molecule has 0 radical (unpaired) electrons. The van der Waals surface area contributed by atoms with E-state index in [1.54, 1.807) is 24.4 Å². The maximum atomic E-state index is 12.6. The summed E-state index contributed by atoms with van der Waals surface area (Å²) in [6.07, 6.45) is 0.690. The number of hydrogen-bond donors (Lipinski definition) is 1. The minimum absolute atomic E-state index is 0.243. The normalized spacial score (nSPS) is 11.7. The van der Waals surface area contributed by atoms with E-state index in [-0.39, 0.29) is 11.3 Å². The average Bonchev–Trinajstić information content (AvgIpc) is 3.05. The van der Waals surface area contributed by atoms with Crippen LogP contribution in [0.2, 0.25) is 0 Å². The Bertz CT molecular complexity index is 966. The topological polar surface area (TPSA) is 82.9 Å². The number of carbonyl (C=O) groups is 2. The van der Waals surface area contributed by atoms with Crippen LogP contribution in [0.5, 0.6) is 0 Å². The molecule has 0 saturated carbocycles. The van der Waals surface area contributed by atoms with Gasteiger partial charge in [-0.1, -0.05) is 24.3 Å². The Hall–Kier alpha value is -3.39. The molecule has 0 amide bonds. The Kier molecular flexibility index (Phi) is 4.13. The third kappa shape index (κ3) is 2.90. The first-order valence-corrected chi connectivity index (χ1v) is 7.41. The summed E-state index contributed by atoms with van der Waals surface area (Å²) in [4.78, 5) is 27.8. The van der Waals surface area contributed by atoms with Crippen molar-refractivity contribution in [3.05, 3.63) is 71.4 Å². The van der Waals surface area contributed by atoms with Crippen LogP contribution in [-0.4, -0.2) is 22.8 Å². The zero-order valence-corrected chi connectivity index (χ0v) is 12.9. The van der Waals surface area contributed by atoms with Gasteiger partial charge < -0.3 is 9.72 Å². The Morgan fingerprint density at radius 3 is 2.75 bits per heavy atom. The highest BCUT2D eigenvalue weighted by Gasteiger charge is 2.22. The first-order valence-electron chi connectivity index (χ1n) is 7.41. The predicted molar refractivity (Wildman–Crippen MR) is 88.7 cm³/mol. The number of benzene rings is 2. The van der Waals surface area contributed by atoms with Gasteiger partial charge in [0, 0.05) is 22.7 Å². The molecule has 0 aliphatic rings. The molecule has 3 aromatic rings. The molecule has 0 spiro atoms. The summed E-state index contributed by atoms with van der Waals surface area (Å²) in [5.41, 5.74) is 1.94. The van der Waals surface area contributed by atoms with Crippen LogP contribution < -0.4 is 0 Å². The molecule has 5 nitrogen and oxygen atoms in total. The van der Waals surface area contributed by atoms with Crippen LogP contribution in [0.15, 0.2) is 54.7 Å². The molecule has 24 heavy (non-hydrogen) atoms. The van der Waals surface area contributed by atoms with Gasteiger partial charge in [0.05, 0.1) is 17.2 Å². The van der Waals surface area contributed by atoms with Gasteiger partial charge in [-0.05, 0) is 31.2 Å². The molecular weight excluding hydrogens is 304 g/mol. The van der Waals surface area contributed by atoms with Gasteiger partial charge >= 0.3 is 5.97 Å². The summed E-state index contributed by atoms with van der Waals surface area (Å²) in [5.74, 6) is -0.912. The molecular formula is C19H14N2O3. The minimum Gasteiger partial charge on any atom is -0.451 e. The second-order valence-corrected chi connectivity index (χ2v) is 5.35. The van der Waals surface area contributed by atoms with E-state index in [9.17, 15) is 9.59 Å². The number of Topliss-reactive ketones (excluding diaryl/α,β-unsaturated/α-hetero) is 1. The average molecular weight is 318 g/mol. The number of aromatic nitrogens is 1. The van der Waals surface area contributed by atoms with Crippen molar-refractivity contribution < 1.29 is 14.3 Å². The molecule has 1 atom stereocenters. The highest BCUT2D eigenvalue weighted by atomic mass is 16.5. The van der Waals surface area contributed by atoms with Crippen molar-refractivity contribution >= 4 is 22.7 Å². The van der Waals surface area contributed by atoms with E-state index < -0.39 is 12.1 Å². The quantitative estimate of drug-likeness (QED) is 0.590. The third-order valence-corrected chi connectivity index (χ3v) is 3.74. The molecule has 0 aliphatic heterocycles. The van der Waals surface area contributed by atoms with Gasteiger partial charge in [0.1, 0.15) is 0 Å².